The summed E-state index contributed by atoms with van der Waals surface area (Å²) in [5, 5.41) is 2.79. The van der Waals surface area contributed by atoms with E-state index < -0.39 is 0 Å². The van der Waals surface area contributed by atoms with Crippen LogP contribution in [0.3, 0.4) is 0 Å². The molecule has 21 heavy (non-hydrogen) atoms. The number of benzene rings is 1. The molecule has 2 rings (SSSR count). The van der Waals surface area contributed by atoms with Crippen molar-refractivity contribution in [3.63, 3.8) is 0 Å². The third-order valence-electron chi connectivity index (χ3n) is 3.43. The molecule has 1 N–H and O–H groups in total. The molecular weight excluding hydrogens is 266 g/mol. The van der Waals surface area contributed by atoms with Gasteiger partial charge in [0.15, 0.2) is 0 Å². The molecule has 0 aliphatic heterocycles. The van der Waals surface area contributed by atoms with E-state index in [4.69, 9.17) is 0 Å². The van der Waals surface area contributed by atoms with Crippen LogP contribution in [0, 0.1) is 27.7 Å². The Morgan fingerprint density at radius 1 is 1.24 bits per heavy atom. The van der Waals surface area contributed by atoms with Crippen LogP contribution >= 0.6 is 0 Å². The largest absolute Gasteiger partial charge is 0.325 e. The summed E-state index contributed by atoms with van der Waals surface area (Å²) in [5.74, 6) is 0.304. The van der Waals surface area contributed by atoms with Gasteiger partial charge >= 0.3 is 0 Å². The first-order chi connectivity index (χ1) is 9.88. The number of carbonyl (C=O) groups is 1. The predicted molar refractivity (Wildman–Crippen MR) is 82.5 cm³/mol. The Kier molecular flexibility index (Phi) is 4.21. The molecule has 0 spiro atoms. The predicted octanol–water partition coefficient (Wildman–Crippen LogP) is 2.12. The van der Waals surface area contributed by atoms with E-state index >= 15 is 0 Å². The summed E-state index contributed by atoms with van der Waals surface area (Å²) in [6.45, 7) is 7.16. The van der Waals surface area contributed by atoms with E-state index in [2.05, 4.69) is 10.3 Å². The van der Waals surface area contributed by atoms with Gasteiger partial charge < -0.3 is 5.32 Å². The molecule has 5 nitrogen and oxygen atoms in total. The Hall–Kier alpha value is -2.43. The minimum Gasteiger partial charge on any atom is -0.325 e. The van der Waals surface area contributed by atoms with Crippen LogP contribution in [0.4, 0.5) is 5.69 Å². The molecule has 0 saturated carbocycles. The first kappa shape index (κ1) is 15.0. The van der Waals surface area contributed by atoms with Gasteiger partial charge in [-0.05, 0) is 45.4 Å². The number of anilines is 1. The first-order valence-electron chi connectivity index (χ1n) is 6.79. The van der Waals surface area contributed by atoms with E-state index in [9.17, 15) is 9.59 Å². The van der Waals surface area contributed by atoms with Gasteiger partial charge in [0.1, 0.15) is 12.4 Å². The fraction of sp³-hybridized carbons (Fsp3) is 0.312. The number of carbonyl (C=O) groups excluding carboxylic acids is 1. The zero-order valence-electron chi connectivity index (χ0n) is 12.7. The molecule has 2 aromatic rings. The minimum atomic E-state index is -0.240. The van der Waals surface area contributed by atoms with Gasteiger partial charge in [0.25, 0.3) is 5.56 Å². The van der Waals surface area contributed by atoms with Crippen molar-refractivity contribution in [3.8, 4) is 0 Å². The number of aromatic nitrogens is 2. The molecule has 0 unspecified atom stereocenters. The van der Waals surface area contributed by atoms with Gasteiger partial charge in [-0.3, -0.25) is 14.2 Å². The van der Waals surface area contributed by atoms with Gasteiger partial charge in [-0.2, -0.15) is 0 Å². The molecule has 5 heteroatoms. The highest BCUT2D eigenvalue weighted by Crippen LogP contribution is 2.09. The van der Waals surface area contributed by atoms with E-state index in [-0.39, 0.29) is 18.0 Å². The van der Waals surface area contributed by atoms with Crippen molar-refractivity contribution in [2.24, 2.45) is 0 Å². The highest BCUT2D eigenvalue weighted by Gasteiger charge is 2.11. The number of amides is 1. The van der Waals surface area contributed by atoms with Gasteiger partial charge in [0.2, 0.25) is 5.91 Å². The maximum atomic E-state index is 12.2. The second-order valence-corrected chi connectivity index (χ2v) is 5.18. The molecule has 1 amide bonds. The molecule has 1 aromatic heterocycles. The average molecular weight is 285 g/mol. The Morgan fingerprint density at radius 2 is 1.95 bits per heavy atom. The smallest absolute Gasteiger partial charge is 0.257 e. The average Bonchev–Trinajstić information content (AvgIpc) is 2.41. The number of nitrogens with zero attached hydrogens (tertiary/aromatic N) is 2. The van der Waals surface area contributed by atoms with Crippen LogP contribution in [0.5, 0.6) is 0 Å². The van der Waals surface area contributed by atoms with Crippen molar-refractivity contribution >= 4 is 11.6 Å². The lowest BCUT2D eigenvalue weighted by Crippen LogP contribution is -2.32. The van der Waals surface area contributed by atoms with Gasteiger partial charge in [-0.1, -0.05) is 12.1 Å². The first-order valence-corrected chi connectivity index (χ1v) is 6.79. The topological polar surface area (TPSA) is 64.0 Å². The number of hydrogen-bond donors (Lipinski definition) is 1. The van der Waals surface area contributed by atoms with Gasteiger partial charge in [0.05, 0.1) is 0 Å². The second-order valence-electron chi connectivity index (χ2n) is 5.18. The number of nitrogens with one attached hydrogen (secondary N) is 1. The van der Waals surface area contributed by atoms with Crippen molar-refractivity contribution in [2.75, 3.05) is 5.32 Å². The molecule has 0 bridgehead atoms. The molecule has 0 fully saturated rings. The number of aryl methyl sites for hydroxylation is 3. The second kappa shape index (κ2) is 5.91. The van der Waals surface area contributed by atoms with Crippen molar-refractivity contribution in [2.45, 2.75) is 34.2 Å². The summed E-state index contributed by atoms with van der Waals surface area (Å²) in [7, 11) is 0. The van der Waals surface area contributed by atoms with E-state index in [0.29, 0.717) is 17.1 Å². The molecule has 0 aliphatic rings. The lowest BCUT2D eigenvalue weighted by molar-refractivity contribution is -0.116. The lowest BCUT2D eigenvalue weighted by atomic mass is 10.2. The Bertz CT molecular complexity index is 748. The third kappa shape index (κ3) is 3.37. The van der Waals surface area contributed by atoms with Crippen LogP contribution < -0.4 is 10.9 Å². The summed E-state index contributed by atoms with van der Waals surface area (Å²) >= 11 is 0. The van der Waals surface area contributed by atoms with Crippen LogP contribution in [0.25, 0.3) is 0 Å². The van der Waals surface area contributed by atoms with Crippen molar-refractivity contribution in [3.05, 3.63) is 57.3 Å². The van der Waals surface area contributed by atoms with Crippen LogP contribution in [0.15, 0.2) is 29.1 Å². The highest BCUT2D eigenvalue weighted by molar-refractivity contribution is 5.90. The Balaban J connectivity index is 2.21. The summed E-state index contributed by atoms with van der Waals surface area (Å²) in [6, 6.07) is 7.53. The monoisotopic (exact) mass is 285 g/mol. The fourth-order valence-electron chi connectivity index (χ4n) is 2.14. The van der Waals surface area contributed by atoms with E-state index in [1.165, 1.54) is 4.57 Å². The normalized spacial score (nSPS) is 10.5. The maximum absolute atomic E-state index is 12.2. The lowest BCUT2D eigenvalue weighted by Gasteiger charge is -2.12. The minimum absolute atomic E-state index is 0.0350. The molecule has 0 aliphatic carbocycles. The molecule has 1 heterocycles. The summed E-state index contributed by atoms with van der Waals surface area (Å²) in [6.07, 6.45) is 0. The highest BCUT2D eigenvalue weighted by atomic mass is 16.2. The zero-order valence-corrected chi connectivity index (χ0v) is 12.7. The van der Waals surface area contributed by atoms with E-state index in [1.807, 2.05) is 31.2 Å². The van der Waals surface area contributed by atoms with E-state index in [0.717, 1.165) is 11.3 Å². The molecular formula is C16H19N3O2. The molecule has 1 aromatic carbocycles. The fourth-order valence-corrected chi connectivity index (χ4v) is 2.14. The summed E-state index contributed by atoms with van der Waals surface area (Å²) in [4.78, 5) is 28.6. The van der Waals surface area contributed by atoms with Crippen molar-refractivity contribution in [1.29, 1.82) is 0 Å². The molecule has 0 atom stereocenters. The maximum Gasteiger partial charge on any atom is 0.257 e. The molecule has 0 radical (unpaired) electrons. The summed E-state index contributed by atoms with van der Waals surface area (Å²) in [5.41, 5.74) is 2.90. The SMILES string of the molecule is Cc1cccc(NC(=O)Cn2c(C)nc(C)c(C)c2=O)c1. The Morgan fingerprint density at radius 3 is 2.62 bits per heavy atom. The van der Waals surface area contributed by atoms with Gasteiger partial charge in [-0.25, -0.2) is 4.98 Å². The van der Waals surface area contributed by atoms with Gasteiger partial charge in [-0.15, -0.1) is 0 Å². The van der Waals surface area contributed by atoms with Crippen LogP contribution in [0.1, 0.15) is 22.6 Å². The standard InChI is InChI=1S/C16H19N3O2/c1-10-6-5-7-14(8-10)18-15(20)9-19-13(4)17-12(3)11(2)16(19)21/h5-8H,9H2,1-4H3,(H,18,20). The van der Waals surface area contributed by atoms with Crippen LogP contribution in [0.2, 0.25) is 0 Å². The third-order valence-corrected chi connectivity index (χ3v) is 3.43. The number of rotatable bonds is 3. The van der Waals surface area contributed by atoms with E-state index in [1.54, 1.807) is 20.8 Å². The molecule has 110 valence electrons. The Labute approximate surface area is 123 Å². The molecule has 0 saturated heterocycles. The summed E-state index contributed by atoms with van der Waals surface area (Å²) < 4.78 is 1.40. The van der Waals surface area contributed by atoms with Crippen molar-refractivity contribution in [1.82, 2.24) is 9.55 Å². The zero-order chi connectivity index (χ0) is 15.6. The quantitative estimate of drug-likeness (QED) is 0.939. The van der Waals surface area contributed by atoms with Gasteiger partial charge in [0, 0.05) is 16.9 Å². The van der Waals surface area contributed by atoms with Crippen LogP contribution in [-0.2, 0) is 11.3 Å². The van der Waals surface area contributed by atoms with Crippen molar-refractivity contribution < 1.29 is 4.79 Å². The van der Waals surface area contributed by atoms with Crippen LogP contribution in [-0.4, -0.2) is 15.5 Å². The number of hydrogen-bond acceptors (Lipinski definition) is 3.